The molecule has 0 aliphatic carbocycles. The Morgan fingerprint density at radius 3 is 2.56 bits per heavy atom. The van der Waals surface area contributed by atoms with Gasteiger partial charge in [-0.25, -0.2) is 19.3 Å². The number of benzene rings is 1. The second-order valence-electron chi connectivity index (χ2n) is 7.53. The molecule has 4 rings (SSSR count). The summed E-state index contributed by atoms with van der Waals surface area (Å²) in [5.74, 6) is 0.523. The van der Waals surface area contributed by atoms with Gasteiger partial charge in [0.15, 0.2) is 5.16 Å². The van der Waals surface area contributed by atoms with E-state index >= 15 is 0 Å². The Hall–Kier alpha value is -3.41. The van der Waals surface area contributed by atoms with Gasteiger partial charge in [0.25, 0.3) is 0 Å². The number of aromatic nitrogens is 3. The molecule has 1 atom stereocenters. The summed E-state index contributed by atoms with van der Waals surface area (Å²) in [4.78, 5) is 27.3. The lowest BCUT2D eigenvalue weighted by Gasteiger charge is -2.18. The predicted octanol–water partition coefficient (Wildman–Crippen LogP) is 5.21. The first-order valence-electron chi connectivity index (χ1n) is 10.3. The Bertz CT molecular complexity index is 1130. The summed E-state index contributed by atoms with van der Waals surface area (Å²) < 4.78 is 50.8. The van der Waals surface area contributed by atoms with Crippen LogP contribution >= 0.6 is 11.8 Å². The van der Waals surface area contributed by atoms with Gasteiger partial charge in [-0.15, -0.1) is 0 Å². The second-order valence-corrected chi connectivity index (χ2v) is 8.57. The summed E-state index contributed by atoms with van der Waals surface area (Å²) in [5, 5.41) is 5.73. The Balaban J connectivity index is 1.51. The number of hydrogen-bond donors (Lipinski definition) is 2. The lowest BCUT2D eigenvalue weighted by atomic mass is 10.3. The van der Waals surface area contributed by atoms with Crippen LogP contribution in [0.1, 0.15) is 12.8 Å². The highest BCUT2D eigenvalue weighted by molar-refractivity contribution is 7.99. The van der Waals surface area contributed by atoms with E-state index in [4.69, 9.17) is 0 Å². The summed E-state index contributed by atoms with van der Waals surface area (Å²) in [6.45, 7) is 0.786. The first-order valence-corrected chi connectivity index (χ1v) is 11.2. The van der Waals surface area contributed by atoms with Crippen molar-refractivity contribution >= 4 is 40.8 Å². The quantitative estimate of drug-likeness (QED) is 0.346. The predicted molar refractivity (Wildman–Crippen MR) is 121 cm³/mol. The maximum atomic E-state index is 13.8. The van der Waals surface area contributed by atoms with Gasteiger partial charge in [0.1, 0.15) is 30.0 Å². The molecule has 178 valence electrons. The van der Waals surface area contributed by atoms with Crippen LogP contribution in [0.15, 0.2) is 64.8 Å². The number of halogens is 4. The summed E-state index contributed by atoms with van der Waals surface area (Å²) in [5.41, 5.74) is 0.247. The molecule has 2 N–H and O–H groups in total. The molecule has 1 fully saturated rings. The lowest BCUT2D eigenvalue weighted by molar-refractivity contribution is -0.150. The zero-order valence-corrected chi connectivity index (χ0v) is 18.5. The third-order valence-electron chi connectivity index (χ3n) is 4.78. The van der Waals surface area contributed by atoms with Crippen LogP contribution in [-0.4, -0.2) is 46.3 Å². The van der Waals surface area contributed by atoms with Crippen molar-refractivity contribution in [3.05, 3.63) is 54.7 Å². The van der Waals surface area contributed by atoms with Gasteiger partial charge in [-0.3, -0.25) is 4.79 Å². The average Bonchev–Trinajstić information content (AvgIpc) is 3.21. The smallest absolute Gasteiger partial charge is 0.353 e. The molecule has 1 amide bonds. The number of pyridine rings is 1. The molecule has 2 aromatic heterocycles. The maximum absolute atomic E-state index is 13.8. The van der Waals surface area contributed by atoms with Crippen molar-refractivity contribution in [1.82, 2.24) is 15.0 Å². The van der Waals surface area contributed by atoms with Gasteiger partial charge in [-0.2, -0.15) is 13.2 Å². The van der Waals surface area contributed by atoms with E-state index in [-0.39, 0.29) is 12.2 Å². The standard InChI is InChI=1S/C22H20F4N6OS/c23-14-8-10-32(13-14)19-11-18(29-17-3-1-2-9-27-17)30-21(31-19)34-16-6-4-15(5-7-16)28-20(33)12-22(24,25)26/h1-7,9,11,14H,8,10,12-13H2,(H,28,33)(H,27,29,30,31). The summed E-state index contributed by atoms with van der Waals surface area (Å²) >= 11 is 1.23. The topological polar surface area (TPSA) is 83.0 Å². The highest BCUT2D eigenvalue weighted by Crippen LogP contribution is 2.31. The third kappa shape index (κ3) is 6.80. The van der Waals surface area contributed by atoms with Crippen LogP contribution in [-0.2, 0) is 4.79 Å². The monoisotopic (exact) mass is 492 g/mol. The summed E-state index contributed by atoms with van der Waals surface area (Å²) in [6, 6.07) is 13.4. The van der Waals surface area contributed by atoms with Crippen LogP contribution < -0.4 is 15.5 Å². The van der Waals surface area contributed by atoms with Crippen molar-refractivity contribution in [2.24, 2.45) is 0 Å². The van der Waals surface area contributed by atoms with Gasteiger partial charge in [0.05, 0.1) is 6.54 Å². The van der Waals surface area contributed by atoms with Gasteiger partial charge in [0.2, 0.25) is 5.91 Å². The van der Waals surface area contributed by atoms with E-state index in [1.807, 2.05) is 11.0 Å². The molecular formula is C22H20F4N6OS. The van der Waals surface area contributed by atoms with Crippen LogP contribution in [0.25, 0.3) is 0 Å². The van der Waals surface area contributed by atoms with Crippen LogP contribution in [0.2, 0.25) is 0 Å². The summed E-state index contributed by atoms with van der Waals surface area (Å²) in [7, 11) is 0. The van der Waals surface area contributed by atoms with Gasteiger partial charge >= 0.3 is 6.18 Å². The number of rotatable bonds is 7. The molecule has 0 bridgehead atoms. The van der Waals surface area contributed by atoms with Crippen LogP contribution in [0.5, 0.6) is 0 Å². The Kier molecular flexibility index (Phi) is 7.15. The van der Waals surface area contributed by atoms with Crippen LogP contribution in [0.3, 0.4) is 0 Å². The first-order chi connectivity index (χ1) is 16.2. The fourth-order valence-corrected chi connectivity index (χ4v) is 4.04. The van der Waals surface area contributed by atoms with Gasteiger partial charge < -0.3 is 15.5 Å². The maximum Gasteiger partial charge on any atom is 0.397 e. The normalized spacial score (nSPS) is 15.9. The SMILES string of the molecule is O=C(CC(F)(F)F)Nc1ccc(Sc2nc(Nc3ccccn3)cc(N3CCC(F)C3)n2)cc1. The van der Waals surface area contributed by atoms with Crippen molar-refractivity contribution in [1.29, 1.82) is 0 Å². The van der Waals surface area contributed by atoms with E-state index in [0.717, 1.165) is 0 Å². The molecular weight excluding hydrogens is 472 g/mol. The average molecular weight is 493 g/mol. The molecule has 0 spiro atoms. The molecule has 12 heteroatoms. The Morgan fingerprint density at radius 1 is 1.12 bits per heavy atom. The summed E-state index contributed by atoms with van der Waals surface area (Å²) in [6.07, 6.45) is -4.97. The molecule has 0 radical (unpaired) electrons. The Morgan fingerprint density at radius 2 is 1.91 bits per heavy atom. The number of nitrogens with one attached hydrogen (secondary N) is 2. The third-order valence-corrected chi connectivity index (χ3v) is 5.65. The van der Waals surface area contributed by atoms with E-state index < -0.39 is 24.7 Å². The van der Waals surface area contributed by atoms with Crippen LogP contribution in [0.4, 0.5) is 40.7 Å². The van der Waals surface area contributed by atoms with Crippen LogP contribution in [0, 0.1) is 0 Å². The van der Waals surface area contributed by atoms with E-state index in [1.54, 1.807) is 36.5 Å². The molecule has 1 saturated heterocycles. The number of hydrogen-bond acceptors (Lipinski definition) is 7. The highest BCUT2D eigenvalue weighted by Gasteiger charge is 2.31. The molecule has 7 nitrogen and oxygen atoms in total. The molecule has 1 aliphatic rings. The number of anilines is 4. The molecule has 34 heavy (non-hydrogen) atoms. The van der Waals surface area contributed by atoms with Crippen molar-refractivity contribution in [2.45, 2.75) is 35.2 Å². The number of alkyl halides is 4. The highest BCUT2D eigenvalue weighted by atomic mass is 32.2. The van der Waals surface area contributed by atoms with Crippen molar-refractivity contribution in [3.8, 4) is 0 Å². The number of carbonyl (C=O) groups is 1. The first kappa shape index (κ1) is 23.7. The lowest BCUT2D eigenvalue weighted by Crippen LogP contribution is -2.21. The minimum atomic E-state index is -4.57. The van der Waals surface area contributed by atoms with Gasteiger partial charge in [0, 0.05) is 29.4 Å². The number of amides is 1. The molecule has 0 saturated carbocycles. The fraction of sp³-hybridized carbons (Fsp3) is 0.273. The zero-order chi connectivity index (χ0) is 24.1. The van der Waals surface area contributed by atoms with Crippen molar-refractivity contribution in [2.75, 3.05) is 28.6 Å². The Labute approximate surface area is 197 Å². The minimum Gasteiger partial charge on any atom is -0.353 e. The van der Waals surface area contributed by atoms with Crippen molar-refractivity contribution in [3.63, 3.8) is 0 Å². The number of carbonyl (C=O) groups excluding carboxylic acids is 1. The molecule has 3 aromatic rings. The molecule has 3 heterocycles. The van der Waals surface area contributed by atoms with E-state index in [9.17, 15) is 22.4 Å². The second kappa shape index (κ2) is 10.2. The fourth-order valence-electron chi connectivity index (χ4n) is 3.28. The van der Waals surface area contributed by atoms with Gasteiger partial charge in [-0.05, 0) is 54.6 Å². The minimum absolute atomic E-state index is 0.246. The van der Waals surface area contributed by atoms with E-state index in [1.165, 1.54) is 23.9 Å². The largest absolute Gasteiger partial charge is 0.397 e. The van der Waals surface area contributed by atoms with Crippen molar-refractivity contribution < 1.29 is 22.4 Å². The van der Waals surface area contributed by atoms with E-state index in [2.05, 4.69) is 25.6 Å². The molecule has 1 aliphatic heterocycles. The molecule has 1 unspecified atom stereocenters. The zero-order valence-electron chi connectivity index (χ0n) is 17.7. The molecule has 1 aromatic carbocycles. The van der Waals surface area contributed by atoms with Gasteiger partial charge in [-0.1, -0.05) is 6.07 Å². The van der Waals surface area contributed by atoms with E-state index in [0.29, 0.717) is 40.5 Å². The number of nitrogens with zero attached hydrogens (tertiary/aromatic N) is 4.